The number of nitrogens with one attached hydrogen (secondary N) is 1. The van der Waals surface area contributed by atoms with E-state index < -0.39 is 0 Å². The summed E-state index contributed by atoms with van der Waals surface area (Å²) in [6.45, 7) is 8.00. The highest BCUT2D eigenvalue weighted by Crippen LogP contribution is 2.24. The number of aromatic nitrogens is 2. The molecule has 3 rings (SSSR count). The summed E-state index contributed by atoms with van der Waals surface area (Å²) in [5.74, 6) is 0.421. The van der Waals surface area contributed by atoms with Gasteiger partial charge in [0.25, 0.3) is 5.56 Å². The summed E-state index contributed by atoms with van der Waals surface area (Å²) in [6.07, 6.45) is 0. The lowest BCUT2D eigenvalue weighted by atomic mass is 10.1. The number of nitrogens with zero attached hydrogens (tertiary/aromatic N) is 2. The van der Waals surface area contributed by atoms with Gasteiger partial charge in [0, 0.05) is 11.1 Å². The van der Waals surface area contributed by atoms with E-state index in [0.717, 1.165) is 5.56 Å². The molecule has 152 valence electrons. The van der Waals surface area contributed by atoms with Crippen LogP contribution < -0.4 is 10.9 Å². The molecule has 0 unspecified atom stereocenters. The van der Waals surface area contributed by atoms with Crippen LogP contribution in [0.2, 0.25) is 5.02 Å². The Morgan fingerprint density at radius 3 is 2.62 bits per heavy atom. The molecule has 0 saturated heterocycles. The Morgan fingerprint density at radius 2 is 1.93 bits per heavy atom. The fraction of sp³-hybridized carbons (Fsp3) is 0.318. The van der Waals surface area contributed by atoms with Crippen molar-refractivity contribution in [3.63, 3.8) is 0 Å². The van der Waals surface area contributed by atoms with Gasteiger partial charge in [-0.05, 0) is 49.6 Å². The zero-order valence-electron chi connectivity index (χ0n) is 16.9. The number of hydrogen-bond donors (Lipinski definition) is 1. The Balaban J connectivity index is 2.02. The summed E-state index contributed by atoms with van der Waals surface area (Å²) >= 11 is 7.53. The first kappa shape index (κ1) is 21.4. The highest BCUT2D eigenvalue weighted by molar-refractivity contribution is 7.99. The Morgan fingerprint density at radius 1 is 1.21 bits per heavy atom. The number of amides is 1. The molecule has 0 saturated carbocycles. The van der Waals surface area contributed by atoms with Crippen LogP contribution in [0, 0.1) is 12.8 Å². The molecule has 1 N–H and O–H groups in total. The fourth-order valence-electron chi connectivity index (χ4n) is 2.75. The fourth-order valence-corrected chi connectivity index (χ4v) is 3.75. The quantitative estimate of drug-likeness (QED) is 0.459. The molecule has 0 bridgehead atoms. The van der Waals surface area contributed by atoms with Gasteiger partial charge < -0.3 is 5.32 Å². The lowest BCUT2D eigenvalue weighted by Gasteiger charge is -2.18. The second-order valence-electron chi connectivity index (χ2n) is 7.37. The minimum absolute atomic E-state index is 0.0748. The molecule has 3 aromatic rings. The van der Waals surface area contributed by atoms with Crippen LogP contribution in [0.1, 0.15) is 26.3 Å². The van der Waals surface area contributed by atoms with Crippen LogP contribution in [0.25, 0.3) is 16.6 Å². The number of benzene rings is 2. The van der Waals surface area contributed by atoms with E-state index in [0.29, 0.717) is 32.7 Å². The van der Waals surface area contributed by atoms with Crippen molar-refractivity contribution < 1.29 is 4.79 Å². The van der Waals surface area contributed by atoms with Crippen molar-refractivity contribution in [2.24, 2.45) is 5.92 Å². The first-order valence-electron chi connectivity index (χ1n) is 9.48. The summed E-state index contributed by atoms with van der Waals surface area (Å²) in [5, 5.41) is 4.53. The van der Waals surface area contributed by atoms with Gasteiger partial charge in [-0.2, -0.15) is 0 Å². The van der Waals surface area contributed by atoms with Gasteiger partial charge in [-0.25, -0.2) is 4.98 Å². The van der Waals surface area contributed by atoms with Crippen LogP contribution in [0.4, 0.5) is 0 Å². The predicted molar refractivity (Wildman–Crippen MR) is 120 cm³/mol. The summed E-state index contributed by atoms with van der Waals surface area (Å²) in [4.78, 5) is 30.2. The van der Waals surface area contributed by atoms with E-state index in [1.807, 2.05) is 38.1 Å². The molecule has 29 heavy (non-hydrogen) atoms. The topological polar surface area (TPSA) is 64.0 Å². The van der Waals surface area contributed by atoms with Gasteiger partial charge in [0.1, 0.15) is 0 Å². The summed E-state index contributed by atoms with van der Waals surface area (Å²) in [5.41, 5.74) is 1.97. The van der Waals surface area contributed by atoms with E-state index in [1.165, 1.54) is 16.3 Å². The van der Waals surface area contributed by atoms with Gasteiger partial charge in [0.15, 0.2) is 5.16 Å². The molecule has 0 aliphatic rings. The third-order valence-corrected chi connectivity index (χ3v) is 6.23. The zero-order chi connectivity index (χ0) is 21.1. The Kier molecular flexibility index (Phi) is 6.65. The molecule has 0 radical (unpaired) electrons. The van der Waals surface area contributed by atoms with Crippen LogP contribution >= 0.6 is 23.4 Å². The third kappa shape index (κ3) is 4.82. The van der Waals surface area contributed by atoms with Gasteiger partial charge in [-0.3, -0.25) is 14.2 Å². The minimum Gasteiger partial charge on any atom is -0.353 e. The molecule has 1 atom stereocenters. The maximum atomic E-state index is 13.2. The van der Waals surface area contributed by atoms with Crippen LogP contribution in [0.3, 0.4) is 0 Å². The average Bonchev–Trinajstić information content (AvgIpc) is 2.68. The summed E-state index contributed by atoms with van der Waals surface area (Å²) in [7, 11) is 0. The normalized spacial score (nSPS) is 12.3. The number of aryl methyl sites for hydroxylation is 1. The number of thioether (sulfide) groups is 1. The smallest absolute Gasteiger partial charge is 0.266 e. The summed E-state index contributed by atoms with van der Waals surface area (Å²) in [6, 6.07) is 12.7. The third-order valence-electron chi connectivity index (χ3n) is 4.88. The number of fused-ring (bicyclic) bond motifs is 1. The minimum atomic E-state index is -0.186. The maximum Gasteiger partial charge on any atom is 0.266 e. The van der Waals surface area contributed by atoms with Crippen molar-refractivity contribution in [2.75, 3.05) is 5.75 Å². The van der Waals surface area contributed by atoms with Gasteiger partial charge in [-0.15, -0.1) is 0 Å². The molecule has 1 amide bonds. The van der Waals surface area contributed by atoms with Crippen LogP contribution in [-0.4, -0.2) is 27.3 Å². The van der Waals surface area contributed by atoms with Gasteiger partial charge >= 0.3 is 0 Å². The highest BCUT2D eigenvalue weighted by Gasteiger charge is 2.16. The standard InChI is InChI=1S/C22H24ClN3O2S/c1-13(2)15(4)24-20(27)12-29-22-25-19-8-6-5-7-17(19)21(28)26(22)16-10-9-14(3)18(23)11-16/h5-11,13,15H,12H2,1-4H3,(H,24,27)/t15-/m0/s1. The molecule has 0 spiro atoms. The number of halogens is 1. The molecule has 5 nitrogen and oxygen atoms in total. The second kappa shape index (κ2) is 9.01. The van der Waals surface area contributed by atoms with E-state index in [2.05, 4.69) is 24.1 Å². The van der Waals surface area contributed by atoms with Crippen molar-refractivity contribution >= 4 is 40.2 Å². The van der Waals surface area contributed by atoms with E-state index >= 15 is 0 Å². The van der Waals surface area contributed by atoms with Crippen molar-refractivity contribution in [3.8, 4) is 5.69 Å². The van der Waals surface area contributed by atoms with Crippen LogP contribution in [0.5, 0.6) is 0 Å². The lowest BCUT2D eigenvalue weighted by molar-refractivity contribution is -0.119. The Hall–Kier alpha value is -2.31. The molecule has 2 aromatic carbocycles. The molecule has 1 aromatic heterocycles. The summed E-state index contributed by atoms with van der Waals surface area (Å²) < 4.78 is 1.53. The first-order chi connectivity index (χ1) is 13.8. The maximum absolute atomic E-state index is 13.2. The molecule has 0 fully saturated rings. The zero-order valence-corrected chi connectivity index (χ0v) is 18.5. The molecular weight excluding hydrogens is 406 g/mol. The van der Waals surface area contributed by atoms with Crippen molar-refractivity contribution in [2.45, 2.75) is 38.9 Å². The average molecular weight is 430 g/mol. The van der Waals surface area contributed by atoms with Gasteiger partial charge in [0.05, 0.1) is 22.3 Å². The van der Waals surface area contributed by atoms with Crippen molar-refractivity contribution in [1.82, 2.24) is 14.9 Å². The van der Waals surface area contributed by atoms with Crippen molar-refractivity contribution in [1.29, 1.82) is 0 Å². The van der Waals surface area contributed by atoms with E-state index in [-0.39, 0.29) is 23.3 Å². The largest absolute Gasteiger partial charge is 0.353 e. The first-order valence-corrected chi connectivity index (χ1v) is 10.8. The molecule has 0 aliphatic carbocycles. The van der Waals surface area contributed by atoms with Gasteiger partial charge in [0.2, 0.25) is 5.91 Å². The Labute approximate surface area is 179 Å². The SMILES string of the molecule is Cc1ccc(-n2c(SCC(=O)N[C@@H](C)C(C)C)nc3ccccc3c2=O)cc1Cl. The van der Waals surface area contributed by atoms with Crippen molar-refractivity contribution in [3.05, 3.63) is 63.4 Å². The monoisotopic (exact) mass is 429 g/mol. The highest BCUT2D eigenvalue weighted by atomic mass is 35.5. The number of carbonyl (C=O) groups excluding carboxylic acids is 1. The number of hydrogen-bond acceptors (Lipinski definition) is 4. The van der Waals surface area contributed by atoms with Gasteiger partial charge in [-0.1, -0.05) is 55.4 Å². The van der Waals surface area contributed by atoms with E-state index in [9.17, 15) is 9.59 Å². The number of para-hydroxylation sites is 1. The number of rotatable bonds is 6. The second-order valence-corrected chi connectivity index (χ2v) is 8.72. The van der Waals surface area contributed by atoms with E-state index in [1.54, 1.807) is 18.2 Å². The van der Waals surface area contributed by atoms with Crippen LogP contribution in [-0.2, 0) is 4.79 Å². The predicted octanol–water partition coefficient (Wildman–Crippen LogP) is 4.60. The molecule has 1 heterocycles. The number of carbonyl (C=O) groups is 1. The molecule has 7 heteroatoms. The van der Waals surface area contributed by atoms with Crippen LogP contribution in [0.15, 0.2) is 52.4 Å². The molecular formula is C22H24ClN3O2S. The molecule has 0 aliphatic heterocycles. The lowest BCUT2D eigenvalue weighted by Crippen LogP contribution is -2.37. The Bertz CT molecular complexity index is 1110. The van der Waals surface area contributed by atoms with E-state index in [4.69, 9.17) is 11.6 Å².